The molecule has 14 N–H and O–H groups in total. The van der Waals surface area contributed by atoms with E-state index < -0.39 is 135 Å². The Hall–Kier alpha value is -5.87. The lowest BCUT2D eigenvalue weighted by Gasteiger charge is -2.26. The summed E-state index contributed by atoms with van der Waals surface area (Å²) in [5.41, 5.74) is 6.33. The van der Waals surface area contributed by atoms with Crippen LogP contribution in [0.25, 0.3) is 0 Å². The molecule has 7 amide bonds. The monoisotopic (exact) mass is 824 g/mol. The van der Waals surface area contributed by atoms with Gasteiger partial charge in [0.2, 0.25) is 41.4 Å². The number of amides is 7. The molecule has 22 heteroatoms. The molecule has 0 saturated carbocycles. The lowest BCUT2D eigenvalue weighted by atomic mass is 9.98. The van der Waals surface area contributed by atoms with E-state index in [0.29, 0.717) is 18.4 Å². The minimum absolute atomic E-state index is 0.0725. The van der Waals surface area contributed by atoms with Crippen LogP contribution in [0.1, 0.15) is 58.9 Å². The number of aliphatic carboxylic acids is 2. The number of phenolic OH excluding ortho intramolecular Hbond substituents is 1. The third-order valence-electron chi connectivity index (χ3n) is 9.14. The number of carbonyl (C=O) groups excluding carboxylic acids is 7. The third-order valence-corrected chi connectivity index (χ3v) is 9.14. The number of nitrogens with two attached hydrogens (primary N) is 1. The Morgan fingerprint density at radius 1 is 0.621 bits per heavy atom. The molecule has 0 unspecified atom stereocenters. The Balaban J connectivity index is 2.89. The van der Waals surface area contributed by atoms with Crippen molar-refractivity contribution >= 4 is 53.3 Å². The van der Waals surface area contributed by atoms with Gasteiger partial charge in [-0.15, -0.1) is 0 Å². The highest BCUT2D eigenvalue weighted by molar-refractivity contribution is 5.96. The van der Waals surface area contributed by atoms with Crippen LogP contribution in [0.5, 0.6) is 5.75 Å². The molecule has 22 nitrogen and oxygen atoms in total. The lowest BCUT2D eigenvalue weighted by Crippen LogP contribution is -2.58. The van der Waals surface area contributed by atoms with E-state index in [1.807, 2.05) is 0 Å². The van der Waals surface area contributed by atoms with Gasteiger partial charge in [0.15, 0.2) is 0 Å². The molecule has 8 atom stereocenters. The number of aliphatic hydroxyl groups is 2. The molecule has 0 saturated heterocycles. The molecule has 0 aliphatic carbocycles. The standard InChI is InChI=1S/C36H56N8O14/c1-5-18(3)29(37)35(56)43-25(17-46)34(55)41-22(11-12-28(50)51)31(52)39-14-26(48)38-15-27(49)40-24(16-45)33(54)42-23(13-20-7-9-21(47)10-8-20)32(53)44-30(36(57)58)19(4)6-2/h7-10,18-19,22-25,29-30,45-47H,5-6,11-17,37H2,1-4H3,(H,38,48)(H,39,52)(H,40,49)(H,41,55)(H,42,54)(H,43,56)(H,44,53)(H,50,51)(H,57,58)/t18-,19-,22-,23-,24-,25-,29-,30-/m0/s1. The predicted molar refractivity (Wildman–Crippen MR) is 203 cm³/mol. The molecule has 0 aliphatic rings. The third kappa shape index (κ3) is 17.5. The van der Waals surface area contributed by atoms with Crippen molar-refractivity contribution in [3.05, 3.63) is 29.8 Å². The fraction of sp³-hybridized carbons (Fsp3) is 0.583. The molecule has 0 aliphatic heterocycles. The van der Waals surface area contributed by atoms with E-state index >= 15 is 0 Å². The lowest BCUT2D eigenvalue weighted by molar-refractivity contribution is -0.144. The predicted octanol–water partition coefficient (Wildman–Crippen LogP) is -4.06. The highest BCUT2D eigenvalue weighted by atomic mass is 16.4. The molecule has 1 aromatic carbocycles. The maximum Gasteiger partial charge on any atom is 0.326 e. The number of aromatic hydroxyl groups is 1. The molecule has 0 spiro atoms. The highest BCUT2D eigenvalue weighted by Crippen LogP contribution is 2.13. The molecule has 0 bridgehead atoms. The first kappa shape index (κ1) is 50.1. The number of carbonyl (C=O) groups is 9. The zero-order valence-electron chi connectivity index (χ0n) is 32.8. The van der Waals surface area contributed by atoms with Crippen molar-refractivity contribution < 1.29 is 68.7 Å². The summed E-state index contributed by atoms with van der Waals surface area (Å²) >= 11 is 0. The van der Waals surface area contributed by atoms with Gasteiger partial charge in [-0.05, 0) is 36.0 Å². The van der Waals surface area contributed by atoms with Crippen molar-refractivity contribution in [3.8, 4) is 5.75 Å². The van der Waals surface area contributed by atoms with Crippen LogP contribution in [0.3, 0.4) is 0 Å². The number of benzene rings is 1. The van der Waals surface area contributed by atoms with Crippen molar-refractivity contribution in [2.24, 2.45) is 17.6 Å². The Bertz CT molecular complexity index is 1590. The maximum atomic E-state index is 13.3. The first-order valence-corrected chi connectivity index (χ1v) is 18.5. The minimum Gasteiger partial charge on any atom is -0.508 e. The Morgan fingerprint density at radius 2 is 1.12 bits per heavy atom. The average Bonchev–Trinajstić information content (AvgIpc) is 3.19. The van der Waals surface area contributed by atoms with Gasteiger partial charge in [0, 0.05) is 12.8 Å². The van der Waals surface area contributed by atoms with Crippen molar-refractivity contribution in [3.63, 3.8) is 0 Å². The summed E-state index contributed by atoms with van der Waals surface area (Å²) in [6.07, 6.45) is -0.269. The zero-order chi connectivity index (χ0) is 44.1. The molecule has 324 valence electrons. The van der Waals surface area contributed by atoms with Gasteiger partial charge in [-0.1, -0.05) is 52.7 Å². The SMILES string of the molecule is CC[C@H](C)[C@H](N)C(=O)N[C@@H](CO)C(=O)N[C@@H](CCC(=O)O)C(=O)NCC(=O)NCC(=O)N[C@@H](CO)C(=O)N[C@@H](Cc1ccc(O)cc1)C(=O)N[C@H](C(=O)O)[C@@H](C)CC. The quantitative estimate of drug-likeness (QED) is 0.0423. The van der Waals surface area contributed by atoms with Crippen LogP contribution in [0, 0.1) is 11.8 Å². The van der Waals surface area contributed by atoms with E-state index in [0.717, 1.165) is 0 Å². The van der Waals surface area contributed by atoms with E-state index in [1.165, 1.54) is 24.3 Å². The number of aliphatic hydroxyl groups excluding tert-OH is 2. The van der Waals surface area contributed by atoms with Gasteiger partial charge < -0.3 is 68.5 Å². The topological polar surface area (TPSA) is 365 Å². The highest BCUT2D eigenvalue weighted by Gasteiger charge is 2.32. The number of hydrogen-bond acceptors (Lipinski definition) is 13. The molecule has 1 rings (SSSR count). The summed E-state index contributed by atoms with van der Waals surface area (Å²) in [7, 11) is 0. The number of carboxylic acids is 2. The van der Waals surface area contributed by atoms with E-state index in [-0.39, 0.29) is 18.1 Å². The molecular weight excluding hydrogens is 768 g/mol. The number of nitrogens with one attached hydrogen (secondary N) is 7. The van der Waals surface area contributed by atoms with Gasteiger partial charge in [-0.3, -0.25) is 38.4 Å². The van der Waals surface area contributed by atoms with Crippen LogP contribution in [0.15, 0.2) is 24.3 Å². The van der Waals surface area contributed by atoms with Gasteiger partial charge >= 0.3 is 11.9 Å². The summed E-state index contributed by atoms with van der Waals surface area (Å²) in [6.45, 7) is 3.44. The zero-order valence-corrected chi connectivity index (χ0v) is 32.8. The normalized spacial score (nSPS) is 15.0. The van der Waals surface area contributed by atoms with Crippen LogP contribution in [0.4, 0.5) is 0 Å². The minimum atomic E-state index is -1.65. The number of phenols is 1. The summed E-state index contributed by atoms with van der Waals surface area (Å²) in [6, 6.07) is -2.84. The molecule has 0 radical (unpaired) electrons. The summed E-state index contributed by atoms with van der Waals surface area (Å²) in [5.74, 6) is -10.1. The first-order chi connectivity index (χ1) is 27.3. The van der Waals surface area contributed by atoms with Crippen molar-refractivity contribution in [2.75, 3.05) is 26.3 Å². The Morgan fingerprint density at radius 3 is 1.64 bits per heavy atom. The van der Waals surface area contributed by atoms with Crippen LogP contribution in [-0.4, -0.2) is 141 Å². The summed E-state index contributed by atoms with van der Waals surface area (Å²) in [4.78, 5) is 113. The van der Waals surface area contributed by atoms with Crippen molar-refractivity contribution in [2.45, 2.75) is 96.1 Å². The largest absolute Gasteiger partial charge is 0.508 e. The smallest absolute Gasteiger partial charge is 0.326 e. The van der Waals surface area contributed by atoms with E-state index in [2.05, 4.69) is 37.2 Å². The fourth-order valence-corrected chi connectivity index (χ4v) is 5.04. The summed E-state index contributed by atoms with van der Waals surface area (Å²) < 4.78 is 0. The molecular formula is C36H56N8O14. The van der Waals surface area contributed by atoms with Crippen LogP contribution in [-0.2, 0) is 49.6 Å². The van der Waals surface area contributed by atoms with Crippen molar-refractivity contribution in [1.29, 1.82) is 0 Å². The van der Waals surface area contributed by atoms with E-state index in [4.69, 9.17) is 10.8 Å². The Labute approximate surface area is 334 Å². The second kappa shape index (κ2) is 25.4. The van der Waals surface area contributed by atoms with Crippen molar-refractivity contribution in [1.82, 2.24) is 37.2 Å². The second-order valence-electron chi connectivity index (χ2n) is 13.6. The van der Waals surface area contributed by atoms with Crippen LogP contribution >= 0.6 is 0 Å². The van der Waals surface area contributed by atoms with E-state index in [1.54, 1.807) is 27.7 Å². The van der Waals surface area contributed by atoms with Gasteiger partial charge in [0.05, 0.1) is 32.3 Å². The van der Waals surface area contributed by atoms with Gasteiger partial charge in [0.1, 0.15) is 36.0 Å². The Kier molecular flexibility index (Phi) is 22.0. The van der Waals surface area contributed by atoms with E-state index in [9.17, 15) is 63.6 Å². The summed E-state index contributed by atoms with van der Waals surface area (Å²) in [5, 5.41) is 63.8. The molecule has 0 fully saturated rings. The van der Waals surface area contributed by atoms with Gasteiger partial charge in [0.25, 0.3) is 0 Å². The fourth-order valence-electron chi connectivity index (χ4n) is 5.04. The molecule has 1 aromatic rings. The van der Waals surface area contributed by atoms with Crippen LogP contribution < -0.4 is 43.0 Å². The number of rotatable bonds is 26. The average molecular weight is 825 g/mol. The number of carboxylic acid groups (broad SMARTS) is 2. The van der Waals surface area contributed by atoms with Gasteiger partial charge in [-0.25, -0.2) is 4.79 Å². The first-order valence-electron chi connectivity index (χ1n) is 18.5. The number of hydrogen-bond donors (Lipinski definition) is 13. The molecule has 0 aromatic heterocycles. The van der Waals surface area contributed by atoms with Crippen LogP contribution in [0.2, 0.25) is 0 Å². The maximum absolute atomic E-state index is 13.3. The molecule has 58 heavy (non-hydrogen) atoms. The van der Waals surface area contributed by atoms with Gasteiger partial charge in [-0.2, -0.15) is 0 Å². The second-order valence-corrected chi connectivity index (χ2v) is 13.6. The molecule has 0 heterocycles.